The Balaban J connectivity index is 1.31. The van der Waals surface area contributed by atoms with Gasteiger partial charge in [0, 0.05) is 23.8 Å². The van der Waals surface area contributed by atoms with Gasteiger partial charge in [0.2, 0.25) is 0 Å². The number of nitrogens with zero attached hydrogens (tertiary/aromatic N) is 3. The maximum Gasteiger partial charge on any atom is 0.407 e. The summed E-state index contributed by atoms with van der Waals surface area (Å²) in [5.41, 5.74) is 1.35. The molecular formula is C24H30N4O3. The fourth-order valence-corrected chi connectivity index (χ4v) is 7.72. The van der Waals surface area contributed by atoms with E-state index in [1.165, 1.54) is 0 Å². The second kappa shape index (κ2) is 6.79. The summed E-state index contributed by atoms with van der Waals surface area (Å²) in [5, 5.41) is 25.6. The lowest BCUT2D eigenvalue weighted by Crippen LogP contribution is -2.61. The Bertz CT molecular complexity index is 1030. The Morgan fingerprint density at radius 1 is 1.19 bits per heavy atom. The fraction of sp³-hybridized carbons (Fsp3) is 0.625. The molecule has 1 saturated heterocycles. The van der Waals surface area contributed by atoms with E-state index in [0.29, 0.717) is 30.2 Å². The molecule has 2 aromatic rings. The van der Waals surface area contributed by atoms with Gasteiger partial charge in [-0.15, -0.1) is 0 Å². The van der Waals surface area contributed by atoms with Crippen LogP contribution in [0, 0.1) is 30.6 Å². The zero-order chi connectivity index (χ0) is 21.3. The van der Waals surface area contributed by atoms with E-state index >= 15 is 0 Å². The number of fused-ring (bicyclic) bond motifs is 1. The normalized spacial score (nSPS) is 38.7. The molecule has 0 aromatic carbocycles. The van der Waals surface area contributed by atoms with Gasteiger partial charge in [-0.3, -0.25) is 4.98 Å². The molecule has 7 atom stereocenters. The van der Waals surface area contributed by atoms with Gasteiger partial charge in [0.15, 0.2) is 0 Å². The summed E-state index contributed by atoms with van der Waals surface area (Å²) in [7, 11) is 0. The average Bonchev–Trinajstić information content (AvgIpc) is 3.10. The fourth-order valence-electron chi connectivity index (χ4n) is 7.72. The molecule has 7 heteroatoms. The van der Waals surface area contributed by atoms with Crippen LogP contribution in [0.2, 0.25) is 0 Å². The second-order valence-electron chi connectivity index (χ2n) is 10.4. The smallest absolute Gasteiger partial charge is 0.407 e. The Morgan fingerprint density at radius 2 is 1.97 bits per heavy atom. The molecule has 3 N–H and O–H groups in total. The number of hydrogen-bond donors (Lipinski definition) is 3. The van der Waals surface area contributed by atoms with Crippen LogP contribution in [0.15, 0.2) is 24.4 Å². The van der Waals surface area contributed by atoms with Crippen molar-refractivity contribution in [2.24, 2.45) is 23.7 Å². The highest BCUT2D eigenvalue weighted by Crippen LogP contribution is 2.60. The number of hydrogen-bond acceptors (Lipinski definition) is 5. The van der Waals surface area contributed by atoms with Crippen molar-refractivity contribution in [3.8, 4) is 0 Å². The molecule has 4 bridgehead atoms. The summed E-state index contributed by atoms with van der Waals surface area (Å²) >= 11 is 0. The molecule has 5 aliphatic rings. The first kappa shape index (κ1) is 19.3. The summed E-state index contributed by atoms with van der Waals surface area (Å²) in [4.78, 5) is 22.9. The van der Waals surface area contributed by atoms with Crippen molar-refractivity contribution in [1.29, 1.82) is 0 Å². The maximum atomic E-state index is 12.1. The molecule has 164 valence electrons. The predicted molar refractivity (Wildman–Crippen MR) is 117 cm³/mol. The van der Waals surface area contributed by atoms with Gasteiger partial charge < -0.3 is 20.4 Å². The van der Waals surface area contributed by atoms with E-state index in [0.717, 1.165) is 60.9 Å². The van der Waals surface area contributed by atoms with Crippen molar-refractivity contribution >= 4 is 22.8 Å². The Hall–Kier alpha value is -2.41. The summed E-state index contributed by atoms with van der Waals surface area (Å²) in [5.74, 6) is 2.57. The molecule has 4 saturated carbocycles. The summed E-state index contributed by atoms with van der Waals surface area (Å²) in [6.45, 7) is 2.53. The molecule has 4 aliphatic carbocycles. The molecular weight excluding hydrogens is 392 g/mol. The van der Waals surface area contributed by atoms with Crippen molar-refractivity contribution in [3.63, 3.8) is 0 Å². The summed E-state index contributed by atoms with van der Waals surface area (Å²) < 4.78 is 0. The molecule has 1 aliphatic heterocycles. The van der Waals surface area contributed by atoms with Gasteiger partial charge in [0.1, 0.15) is 5.82 Å². The zero-order valence-electron chi connectivity index (χ0n) is 17.9. The number of rotatable bonds is 3. The van der Waals surface area contributed by atoms with Gasteiger partial charge in [0.05, 0.1) is 23.2 Å². The zero-order valence-corrected chi connectivity index (χ0v) is 17.9. The summed E-state index contributed by atoms with van der Waals surface area (Å²) in [6.07, 6.45) is 6.63. The predicted octanol–water partition coefficient (Wildman–Crippen LogP) is 3.66. The number of carboxylic acid groups (broad SMARTS) is 1. The minimum Gasteiger partial charge on any atom is -0.465 e. The van der Waals surface area contributed by atoms with Crippen molar-refractivity contribution < 1.29 is 15.0 Å². The van der Waals surface area contributed by atoms with E-state index in [9.17, 15) is 15.0 Å². The molecule has 7 nitrogen and oxygen atoms in total. The SMILES string of the molecule is Cc1nccc2nc(NC3CCN(C(=O)O)[C@@H]3C3C4CC5C[C@H]3C[C@@](O)(C5)C4)ccc12. The maximum absolute atomic E-state index is 12.1. The van der Waals surface area contributed by atoms with Gasteiger partial charge in [-0.25, -0.2) is 9.78 Å². The van der Waals surface area contributed by atoms with Crippen molar-refractivity contribution in [2.45, 2.75) is 63.1 Å². The van der Waals surface area contributed by atoms with Gasteiger partial charge in [-0.05, 0) is 87.3 Å². The van der Waals surface area contributed by atoms with Crippen LogP contribution in [0.25, 0.3) is 10.9 Å². The molecule has 4 unspecified atom stereocenters. The third-order valence-electron chi connectivity index (χ3n) is 8.56. The highest BCUT2D eigenvalue weighted by atomic mass is 16.4. The van der Waals surface area contributed by atoms with Crippen LogP contribution >= 0.6 is 0 Å². The highest BCUT2D eigenvalue weighted by molar-refractivity contribution is 5.82. The topological polar surface area (TPSA) is 98.6 Å². The first-order chi connectivity index (χ1) is 14.9. The van der Waals surface area contributed by atoms with Crippen LogP contribution in [0.3, 0.4) is 0 Å². The quantitative estimate of drug-likeness (QED) is 0.698. The number of nitrogens with one attached hydrogen (secondary N) is 1. The monoisotopic (exact) mass is 422 g/mol. The van der Waals surface area contributed by atoms with E-state index in [-0.39, 0.29) is 12.1 Å². The number of aryl methyl sites for hydroxylation is 1. The third kappa shape index (κ3) is 3.08. The van der Waals surface area contributed by atoms with Crippen LogP contribution in [-0.4, -0.2) is 55.4 Å². The Morgan fingerprint density at radius 3 is 2.68 bits per heavy atom. The Kier molecular flexibility index (Phi) is 4.23. The van der Waals surface area contributed by atoms with Crippen molar-refractivity contribution in [2.75, 3.05) is 11.9 Å². The van der Waals surface area contributed by atoms with Gasteiger partial charge >= 0.3 is 6.09 Å². The van der Waals surface area contributed by atoms with Gasteiger partial charge in [-0.2, -0.15) is 0 Å². The largest absolute Gasteiger partial charge is 0.465 e. The van der Waals surface area contributed by atoms with Crippen LogP contribution < -0.4 is 5.32 Å². The molecule has 7 rings (SSSR count). The number of likely N-dealkylation sites (tertiary alicyclic amines) is 1. The lowest BCUT2D eigenvalue weighted by Gasteiger charge is -2.60. The standard InChI is InChI=1S/C24H30N4O3/c1-13-17-2-3-20(26-18(17)4-6-25-13)27-19-5-7-28(23(29)30)22(19)21-15-8-14-9-16(21)12-24(31,10-14)11-15/h2-4,6,14-16,19,21-22,31H,5,7-12H2,1H3,(H,26,27)(H,29,30)/t14?,15-,16?,19?,21?,22-,24-/m0/s1. The van der Waals surface area contributed by atoms with Crippen LogP contribution in [0.5, 0.6) is 0 Å². The minimum atomic E-state index is -0.824. The van der Waals surface area contributed by atoms with Crippen molar-refractivity contribution in [1.82, 2.24) is 14.9 Å². The van der Waals surface area contributed by atoms with E-state index in [1.54, 1.807) is 11.1 Å². The third-order valence-corrected chi connectivity index (χ3v) is 8.56. The number of amides is 1. The molecule has 0 radical (unpaired) electrons. The van der Waals surface area contributed by atoms with E-state index in [4.69, 9.17) is 4.98 Å². The van der Waals surface area contributed by atoms with Gasteiger partial charge in [0.25, 0.3) is 0 Å². The van der Waals surface area contributed by atoms with E-state index in [2.05, 4.69) is 10.3 Å². The first-order valence-electron chi connectivity index (χ1n) is 11.6. The Labute approximate surface area is 181 Å². The van der Waals surface area contributed by atoms with Crippen LogP contribution in [0.4, 0.5) is 10.6 Å². The minimum absolute atomic E-state index is 0.0427. The number of aromatic nitrogens is 2. The molecule has 1 amide bonds. The van der Waals surface area contributed by atoms with Gasteiger partial charge in [-0.1, -0.05) is 0 Å². The first-order valence-corrected chi connectivity index (χ1v) is 11.6. The van der Waals surface area contributed by atoms with Crippen molar-refractivity contribution in [3.05, 3.63) is 30.1 Å². The number of aliphatic hydroxyl groups is 1. The second-order valence-corrected chi connectivity index (χ2v) is 10.4. The van der Waals surface area contributed by atoms with Crippen LogP contribution in [-0.2, 0) is 0 Å². The van der Waals surface area contributed by atoms with Crippen LogP contribution in [0.1, 0.15) is 44.2 Å². The molecule has 3 heterocycles. The van der Waals surface area contributed by atoms with E-state index < -0.39 is 11.7 Å². The number of carbonyl (C=O) groups is 1. The summed E-state index contributed by atoms with van der Waals surface area (Å²) in [6, 6.07) is 5.93. The van der Waals surface area contributed by atoms with E-state index in [1.807, 2.05) is 25.1 Å². The number of anilines is 1. The molecule has 0 spiro atoms. The number of pyridine rings is 2. The average molecular weight is 423 g/mol. The lowest BCUT2D eigenvalue weighted by molar-refractivity contribution is -0.162. The lowest BCUT2D eigenvalue weighted by atomic mass is 9.48. The highest BCUT2D eigenvalue weighted by Gasteiger charge is 2.59. The molecule has 31 heavy (non-hydrogen) atoms. The molecule has 5 fully saturated rings. The molecule has 2 aromatic heterocycles.